The Morgan fingerprint density at radius 2 is 2.10 bits per heavy atom. The highest BCUT2D eigenvalue weighted by Crippen LogP contribution is 2.28. The van der Waals surface area contributed by atoms with Gasteiger partial charge in [0.2, 0.25) is 11.8 Å². The molecule has 0 unspecified atom stereocenters. The summed E-state index contributed by atoms with van der Waals surface area (Å²) in [5, 5.41) is 2.92. The van der Waals surface area contributed by atoms with Gasteiger partial charge in [-0.3, -0.25) is 9.59 Å². The van der Waals surface area contributed by atoms with E-state index in [4.69, 9.17) is 0 Å². The van der Waals surface area contributed by atoms with Gasteiger partial charge >= 0.3 is 0 Å². The van der Waals surface area contributed by atoms with Crippen LogP contribution in [0.4, 0.5) is 5.69 Å². The number of hydrogen-bond acceptors (Lipinski definition) is 2. The Kier molecular flexibility index (Phi) is 5.39. The summed E-state index contributed by atoms with van der Waals surface area (Å²) in [6.07, 6.45) is 3.13. The first-order valence-electron chi connectivity index (χ1n) is 7.31. The van der Waals surface area contributed by atoms with Crippen LogP contribution in [0, 0.1) is 12.8 Å². The smallest absolute Gasteiger partial charge is 0.223 e. The Morgan fingerprint density at radius 1 is 1.38 bits per heavy atom. The molecule has 2 amide bonds. The average molecular weight is 353 g/mol. The van der Waals surface area contributed by atoms with Gasteiger partial charge < -0.3 is 10.2 Å². The number of carbonyl (C=O) groups excluding carboxylic acids is 2. The third-order valence-corrected chi connectivity index (χ3v) is 4.52. The first-order valence-corrected chi connectivity index (χ1v) is 8.10. The van der Waals surface area contributed by atoms with Gasteiger partial charge in [-0.25, -0.2) is 0 Å². The lowest BCUT2D eigenvalue weighted by Gasteiger charge is -2.26. The minimum Gasteiger partial charge on any atom is -0.354 e. The molecule has 4 nitrogen and oxygen atoms in total. The number of amides is 2. The Labute approximate surface area is 134 Å². The molecule has 1 aliphatic rings. The van der Waals surface area contributed by atoms with Gasteiger partial charge in [0.1, 0.15) is 0 Å². The second kappa shape index (κ2) is 7.07. The van der Waals surface area contributed by atoms with E-state index in [1.54, 1.807) is 11.8 Å². The quantitative estimate of drug-likeness (QED) is 0.885. The predicted molar refractivity (Wildman–Crippen MR) is 87.3 cm³/mol. The number of nitrogens with one attached hydrogen (secondary N) is 1. The van der Waals surface area contributed by atoms with Crippen LogP contribution in [-0.2, 0) is 9.59 Å². The molecule has 21 heavy (non-hydrogen) atoms. The fraction of sp³-hybridized carbons (Fsp3) is 0.500. The summed E-state index contributed by atoms with van der Waals surface area (Å²) in [4.78, 5) is 25.3. The zero-order valence-electron chi connectivity index (χ0n) is 12.5. The lowest BCUT2D eigenvalue weighted by molar-refractivity contribution is -0.127. The molecule has 5 heteroatoms. The van der Waals surface area contributed by atoms with Crippen molar-refractivity contribution in [3.63, 3.8) is 0 Å². The third-order valence-electron chi connectivity index (χ3n) is 3.88. The van der Waals surface area contributed by atoms with E-state index in [2.05, 4.69) is 21.2 Å². The van der Waals surface area contributed by atoms with Crippen molar-refractivity contribution in [2.75, 3.05) is 18.0 Å². The Morgan fingerprint density at radius 3 is 2.62 bits per heavy atom. The monoisotopic (exact) mass is 352 g/mol. The van der Waals surface area contributed by atoms with Crippen LogP contribution in [0.25, 0.3) is 0 Å². The van der Waals surface area contributed by atoms with Crippen molar-refractivity contribution in [3.05, 3.63) is 28.2 Å². The van der Waals surface area contributed by atoms with Crippen LogP contribution in [0.5, 0.6) is 0 Å². The molecule has 1 aromatic carbocycles. The predicted octanol–water partition coefficient (Wildman–Crippen LogP) is 3.03. The summed E-state index contributed by atoms with van der Waals surface area (Å²) >= 11 is 3.50. The number of anilines is 1. The van der Waals surface area contributed by atoms with Crippen molar-refractivity contribution in [1.29, 1.82) is 0 Å². The van der Waals surface area contributed by atoms with Gasteiger partial charge in [0, 0.05) is 30.4 Å². The molecule has 1 aliphatic carbocycles. The van der Waals surface area contributed by atoms with Crippen molar-refractivity contribution >= 4 is 33.4 Å². The van der Waals surface area contributed by atoms with E-state index in [1.807, 2.05) is 25.1 Å². The molecule has 0 atom stereocenters. The minimum atomic E-state index is -0.0301. The van der Waals surface area contributed by atoms with Gasteiger partial charge in [-0.15, -0.1) is 0 Å². The van der Waals surface area contributed by atoms with E-state index >= 15 is 0 Å². The fourth-order valence-electron chi connectivity index (χ4n) is 2.38. The second-order valence-corrected chi connectivity index (χ2v) is 6.40. The summed E-state index contributed by atoms with van der Waals surface area (Å²) in [6, 6.07) is 5.88. The molecule has 2 rings (SSSR count). The van der Waals surface area contributed by atoms with Crippen LogP contribution >= 0.6 is 15.9 Å². The molecule has 1 aromatic rings. The minimum absolute atomic E-state index is 0.0301. The zero-order chi connectivity index (χ0) is 15.4. The number of benzene rings is 1. The third kappa shape index (κ3) is 4.06. The molecule has 1 fully saturated rings. The maximum absolute atomic E-state index is 11.9. The lowest BCUT2D eigenvalue weighted by atomic mass is 9.85. The van der Waals surface area contributed by atoms with Gasteiger partial charge in [0.25, 0.3) is 0 Å². The number of rotatable bonds is 5. The SMILES string of the molecule is CC(=O)N(CCNC(=O)C1CCC1)c1ccc(C)cc1Br. The van der Waals surface area contributed by atoms with Crippen LogP contribution in [0.2, 0.25) is 0 Å². The molecule has 0 aliphatic heterocycles. The molecule has 0 aromatic heterocycles. The number of halogens is 1. The Balaban J connectivity index is 1.95. The van der Waals surface area contributed by atoms with Crippen molar-refractivity contribution in [2.24, 2.45) is 5.92 Å². The van der Waals surface area contributed by atoms with Crippen LogP contribution in [0.1, 0.15) is 31.7 Å². The maximum atomic E-state index is 11.9. The highest BCUT2D eigenvalue weighted by Gasteiger charge is 2.25. The highest BCUT2D eigenvalue weighted by molar-refractivity contribution is 9.10. The highest BCUT2D eigenvalue weighted by atomic mass is 79.9. The van der Waals surface area contributed by atoms with Crippen molar-refractivity contribution < 1.29 is 9.59 Å². The standard InChI is InChI=1S/C16H21BrN2O2/c1-11-6-7-15(14(17)10-11)19(12(2)20)9-8-18-16(21)13-4-3-5-13/h6-7,10,13H,3-5,8-9H2,1-2H3,(H,18,21). The number of nitrogens with zero attached hydrogens (tertiary/aromatic N) is 1. The largest absolute Gasteiger partial charge is 0.354 e. The van der Waals surface area contributed by atoms with Crippen LogP contribution < -0.4 is 10.2 Å². The van der Waals surface area contributed by atoms with Crippen molar-refractivity contribution in [1.82, 2.24) is 5.32 Å². The number of hydrogen-bond donors (Lipinski definition) is 1. The van der Waals surface area contributed by atoms with E-state index in [-0.39, 0.29) is 17.7 Å². The lowest BCUT2D eigenvalue weighted by Crippen LogP contribution is -2.41. The molecule has 0 saturated heterocycles. The van der Waals surface area contributed by atoms with Crippen molar-refractivity contribution in [2.45, 2.75) is 33.1 Å². The second-order valence-electron chi connectivity index (χ2n) is 5.54. The molecule has 0 heterocycles. The molecule has 1 N–H and O–H groups in total. The summed E-state index contributed by atoms with van der Waals surface area (Å²) < 4.78 is 0.892. The van der Waals surface area contributed by atoms with Gasteiger partial charge in [-0.05, 0) is 53.4 Å². The molecule has 114 valence electrons. The first kappa shape index (κ1) is 16.0. The van der Waals surface area contributed by atoms with E-state index in [0.717, 1.165) is 35.0 Å². The van der Waals surface area contributed by atoms with E-state index in [0.29, 0.717) is 13.1 Å². The molecule has 0 radical (unpaired) electrons. The summed E-state index contributed by atoms with van der Waals surface area (Å²) in [7, 11) is 0. The summed E-state index contributed by atoms with van der Waals surface area (Å²) in [6.45, 7) is 4.51. The summed E-state index contributed by atoms with van der Waals surface area (Å²) in [5.74, 6) is 0.270. The average Bonchev–Trinajstić information content (AvgIpc) is 2.33. The number of carbonyl (C=O) groups is 2. The van der Waals surface area contributed by atoms with Gasteiger partial charge in [0.15, 0.2) is 0 Å². The molecule has 0 bridgehead atoms. The molecular formula is C16H21BrN2O2. The topological polar surface area (TPSA) is 49.4 Å². The van der Waals surface area contributed by atoms with Crippen LogP contribution in [0.3, 0.4) is 0 Å². The maximum Gasteiger partial charge on any atom is 0.223 e. The van der Waals surface area contributed by atoms with Gasteiger partial charge in [-0.1, -0.05) is 12.5 Å². The Hall–Kier alpha value is -1.36. The fourth-order valence-corrected chi connectivity index (χ4v) is 3.09. The zero-order valence-corrected chi connectivity index (χ0v) is 14.1. The van der Waals surface area contributed by atoms with Gasteiger partial charge in [-0.2, -0.15) is 0 Å². The van der Waals surface area contributed by atoms with E-state index in [1.165, 1.54) is 0 Å². The summed E-state index contributed by atoms with van der Waals surface area (Å²) in [5.41, 5.74) is 1.97. The Bertz CT molecular complexity index is 541. The normalized spacial score (nSPS) is 14.4. The van der Waals surface area contributed by atoms with Crippen LogP contribution in [-0.4, -0.2) is 24.9 Å². The molecular weight excluding hydrogens is 332 g/mol. The van der Waals surface area contributed by atoms with Crippen molar-refractivity contribution in [3.8, 4) is 0 Å². The van der Waals surface area contributed by atoms with Crippen LogP contribution in [0.15, 0.2) is 22.7 Å². The molecule has 1 saturated carbocycles. The van der Waals surface area contributed by atoms with E-state index in [9.17, 15) is 9.59 Å². The van der Waals surface area contributed by atoms with E-state index < -0.39 is 0 Å². The molecule has 0 spiro atoms. The number of aryl methyl sites for hydroxylation is 1. The first-order chi connectivity index (χ1) is 9.99. The van der Waals surface area contributed by atoms with Gasteiger partial charge in [0.05, 0.1) is 5.69 Å².